The molecule has 1 aliphatic heterocycles. The fourth-order valence-electron chi connectivity index (χ4n) is 2.50. The minimum atomic E-state index is -1.28. The highest BCUT2D eigenvalue weighted by atomic mass is 32.1. The number of morpholine rings is 1. The van der Waals surface area contributed by atoms with Crippen LogP contribution < -0.4 is 9.64 Å². The molecule has 0 radical (unpaired) electrons. The summed E-state index contributed by atoms with van der Waals surface area (Å²) in [6.07, 6.45) is 0.544. The number of carbonyl (C=O) groups is 2. The lowest BCUT2D eigenvalue weighted by Crippen LogP contribution is -2.44. The summed E-state index contributed by atoms with van der Waals surface area (Å²) in [6, 6.07) is 0. The van der Waals surface area contributed by atoms with Crippen molar-refractivity contribution in [1.82, 2.24) is 13.8 Å². The summed E-state index contributed by atoms with van der Waals surface area (Å²) in [5, 5.41) is 12.9. The van der Waals surface area contributed by atoms with Gasteiger partial charge in [-0.15, -0.1) is 9.28 Å². The van der Waals surface area contributed by atoms with Crippen LogP contribution in [0.1, 0.15) is 20.8 Å². The summed E-state index contributed by atoms with van der Waals surface area (Å²) in [4.78, 5) is 35.8. The minimum Gasteiger partial charge on any atom is -0.478 e. The number of anilines is 1. The van der Waals surface area contributed by atoms with Crippen LogP contribution in [0.4, 0.5) is 5.82 Å². The first-order valence-corrected chi connectivity index (χ1v) is 9.94. The lowest BCUT2D eigenvalue weighted by Gasteiger charge is -2.32. The van der Waals surface area contributed by atoms with Crippen LogP contribution in [0.3, 0.4) is 0 Å². The second-order valence-corrected chi connectivity index (χ2v) is 7.90. The monoisotopic (exact) mass is 443 g/mol. The van der Waals surface area contributed by atoms with Crippen molar-refractivity contribution in [3.63, 3.8) is 0 Å². The largest absolute Gasteiger partial charge is 0.478 e. The molecule has 0 bridgehead atoms. The van der Waals surface area contributed by atoms with Crippen molar-refractivity contribution >= 4 is 29.5 Å². The molecule has 12 nitrogen and oxygen atoms in total. The van der Waals surface area contributed by atoms with E-state index < -0.39 is 23.6 Å². The Hall–Kier alpha value is -2.80. The first-order valence-electron chi connectivity index (χ1n) is 9.21. The predicted molar refractivity (Wildman–Crippen MR) is 107 cm³/mol. The smallest absolute Gasteiger partial charge is 0.331 e. The van der Waals surface area contributed by atoms with Crippen LogP contribution in [0.15, 0.2) is 17.4 Å². The van der Waals surface area contributed by atoms with Crippen molar-refractivity contribution in [3.05, 3.63) is 17.1 Å². The summed E-state index contributed by atoms with van der Waals surface area (Å²) in [5.74, 6) is -1.31. The van der Waals surface area contributed by atoms with Crippen LogP contribution in [-0.4, -0.2) is 81.9 Å². The van der Waals surface area contributed by atoms with Gasteiger partial charge in [-0.2, -0.15) is 4.37 Å². The molecule has 0 aromatic carbocycles. The lowest BCUT2D eigenvalue weighted by molar-refractivity contribution is -0.146. The maximum atomic E-state index is 11.9. The number of nitrogens with zero attached hydrogens (tertiary/aromatic N) is 5. The highest BCUT2D eigenvalue weighted by Crippen LogP contribution is 2.26. The number of nitroso groups, excluding NO2 is 1. The minimum absolute atomic E-state index is 0.0515. The summed E-state index contributed by atoms with van der Waals surface area (Å²) in [7, 11) is 0. The van der Waals surface area contributed by atoms with Gasteiger partial charge in [0, 0.05) is 25.2 Å². The summed E-state index contributed by atoms with van der Waals surface area (Å²) >= 11 is 0.989. The molecule has 1 atom stereocenters. The van der Waals surface area contributed by atoms with Crippen LogP contribution >= 0.6 is 11.7 Å². The maximum absolute atomic E-state index is 11.9. The Morgan fingerprint density at radius 3 is 2.63 bits per heavy atom. The van der Waals surface area contributed by atoms with Crippen LogP contribution in [0.5, 0.6) is 5.88 Å². The van der Waals surface area contributed by atoms with Crippen molar-refractivity contribution < 1.29 is 28.9 Å². The molecule has 0 saturated carbocycles. The zero-order valence-corrected chi connectivity index (χ0v) is 17.8. The van der Waals surface area contributed by atoms with E-state index in [4.69, 9.17) is 19.3 Å². The number of esters is 1. The third kappa shape index (κ3) is 7.22. The Morgan fingerprint density at radius 1 is 1.33 bits per heavy atom. The second kappa shape index (κ2) is 10.8. The number of hydrogen-bond acceptors (Lipinski definition) is 11. The number of aromatic nitrogens is 2. The van der Waals surface area contributed by atoms with Crippen molar-refractivity contribution in [2.45, 2.75) is 32.4 Å². The predicted octanol–water partition coefficient (Wildman–Crippen LogP) is 1.09. The molecule has 0 unspecified atom stereocenters. The molecule has 1 aromatic rings. The Kier molecular flexibility index (Phi) is 8.47. The van der Waals surface area contributed by atoms with E-state index in [0.29, 0.717) is 38.2 Å². The third-order valence-electron chi connectivity index (χ3n) is 4.05. The third-order valence-corrected chi connectivity index (χ3v) is 4.56. The van der Waals surface area contributed by atoms with Crippen molar-refractivity contribution in [1.29, 1.82) is 0 Å². The number of rotatable bonds is 10. The van der Waals surface area contributed by atoms with Gasteiger partial charge in [-0.3, -0.25) is 5.01 Å². The van der Waals surface area contributed by atoms with E-state index in [2.05, 4.69) is 14.0 Å². The zero-order chi connectivity index (χ0) is 22.1. The molecule has 1 saturated heterocycles. The molecule has 2 rings (SSSR count). The quantitative estimate of drug-likeness (QED) is 0.240. The fourth-order valence-corrected chi connectivity index (χ4v) is 3.02. The zero-order valence-electron chi connectivity index (χ0n) is 17.0. The van der Waals surface area contributed by atoms with Crippen molar-refractivity contribution in [3.8, 4) is 5.88 Å². The maximum Gasteiger partial charge on any atom is 0.331 e. The van der Waals surface area contributed by atoms with Gasteiger partial charge in [0.25, 0.3) is 5.88 Å². The van der Waals surface area contributed by atoms with Gasteiger partial charge in [-0.1, -0.05) is 0 Å². The fraction of sp³-hybridized carbons (Fsp3) is 0.647. The van der Waals surface area contributed by atoms with Crippen LogP contribution in [-0.2, 0) is 19.1 Å². The van der Waals surface area contributed by atoms with Gasteiger partial charge in [-0.25, -0.2) is 9.59 Å². The molecular weight excluding hydrogens is 418 g/mol. The SMILES string of the molecule is CC(C)(C)N(C[C@@H](COc1nsnc1N1CCOCC1)OC(=O)/C=C\C(=O)O)N=O. The number of carboxylic acid groups (broad SMARTS) is 1. The standard InChI is InChI=1S/C17H25N5O7S/c1-17(2,3)22(20-26)10-12(29-14(25)5-4-13(23)24)11-28-16-15(18-30-19-16)21-6-8-27-9-7-21/h4-5,12H,6-11H2,1-3H3,(H,23,24)/b5-4-/t12-/m0/s1. The normalized spacial score (nSPS) is 15.6. The molecule has 1 N–H and O–H groups in total. The lowest BCUT2D eigenvalue weighted by atomic mass is 10.1. The van der Waals surface area contributed by atoms with Gasteiger partial charge in [-0.05, 0) is 20.8 Å². The van der Waals surface area contributed by atoms with Crippen LogP contribution in [0.25, 0.3) is 0 Å². The van der Waals surface area contributed by atoms with E-state index >= 15 is 0 Å². The Labute approximate surface area is 177 Å². The number of ether oxygens (including phenoxy) is 3. The van der Waals surface area contributed by atoms with Gasteiger partial charge >= 0.3 is 11.9 Å². The van der Waals surface area contributed by atoms with E-state index in [9.17, 15) is 14.5 Å². The first-order chi connectivity index (χ1) is 14.2. The van der Waals surface area contributed by atoms with E-state index in [1.165, 1.54) is 5.01 Å². The molecule has 1 fully saturated rings. The summed E-state index contributed by atoms with van der Waals surface area (Å²) in [6.45, 7) is 7.58. The summed E-state index contributed by atoms with van der Waals surface area (Å²) < 4.78 is 24.8. The number of hydrogen-bond donors (Lipinski definition) is 1. The highest BCUT2D eigenvalue weighted by Gasteiger charge is 2.28. The molecule has 13 heteroatoms. The second-order valence-electron chi connectivity index (χ2n) is 7.37. The van der Waals surface area contributed by atoms with Gasteiger partial charge in [0.05, 0.1) is 42.3 Å². The molecule has 30 heavy (non-hydrogen) atoms. The molecule has 0 amide bonds. The number of carbonyl (C=O) groups excluding carboxylic acids is 1. The van der Waals surface area contributed by atoms with E-state index in [0.717, 1.165) is 17.8 Å². The Morgan fingerprint density at radius 2 is 2.03 bits per heavy atom. The van der Waals surface area contributed by atoms with Crippen LogP contribution in [0.2, 0.25) is 0 Å². The molecule has 0 aliphatic carbocycles. The van der Waals surface area contributed by atoms with Crippen molar-refractivity contribution in [2.24, 2.45) is 5.29 Å². The van der Waals surface area contributed by atoms with Gasteiger partial charge in [0.1, 0.15) is 6.61 Å². The van der Waals surface area contributed by atoms with Crippen LogP contribution in [0, 0.1) is 4.91 Å². The Balaban J connectivity index is 2.08. The Bertz CT molecular complexity index is 758. The average molecular weight is 443 g/mol. The molecule has 1 aromatic heterocycles. The summed E-state index contributed by atoms with van der Waals surface area (Å²) in [5.41, 5.74) is -0.621. The number of aliphatic carboxylic acids is 1. The van der Waals surface area contributed by atoms with E-state index in [-0.39, 0.29) is 19.0 Å². The van der Waals surface area contributed by atoms with Gasteiger partial charge in [0.2, 0.25) is 5.82 Å². The van der Waals surface area contributed by atoms with Crippen molar-refractivity contribution in [2.75, 3.05) is 44.4 Å². The highest BCUT2D eigenvalue weighted by molar-refractivity contribution is 6.99. The number of carboxylic acids is 1. The molecule has 0 spiro atoms. The molecule has 166 valence electrons. The van der Waals surface area contributed by atoms with Gasteiger partial charge in [0.15, 0.2) is 6.10 Å². The topological polar surface area (TPSA) is 144 Å². The molecule has 1 aliphatic rings. The first kappa shape index (κ1) is 23.5. The van der Waals surface area contributed by atoms with E-state index in [1.807, 2.05) is 4.90 Å². The average Bonchev–Trinajstić information content (AvgIpc) is 3.16. The van der Waals surface area contributed by atoms with E-state index in [1.54, 1.807) is 20.8 Å². The molecule has 2 heterocycles. The van der Waals surface area contributed by atoms with Gasteiger partial charge < -0.3 is 24.2 Å². The molecular formula is C17H25N5O7S.